The number of hydrogen-bond acceptors (Lipinski definition) is 11. The van der Waals surface area contributed by atoms with E-state index in [9.17, 15) is 186 Å². The molecule has 0 bridgehead atoms. The zero-order valence-corrected chi connectivity index (χ0v) is 49.9. The summed E-state index contributed by atoms with van der Waals surface area (Å²) in [4.78, 5) is 32.3. The number of carbonyl (C=O) groups is 3. The second-order valence-electron chi connectivity index (χ2n) is 16.5. The lowest BCUT2D eigenvalue weighted by atomic mass is 9.91. The first-order chi connectivity index (χ1) is 41.3. The van der Waals surface area contributed by atoms with Crippen LogP contribution in [-0.4, -0.2) is 183 Å². The molecule has 11 nitrogen and oxygen atoms in total. The van der Waals surface area contributed by atoms with Crippen molar-refractivity contribution >= 4 is 47.7 Å². The molecular formula is C41H47ClF39NO10Si2. The number of hydrogen-bond donors (Lipinski definition) is 1. The summed E-state index contributed by atoms with van der Waals surface area (Å²) in [6, 6.07) is -0.505. The smallest absolute Gasteiger partial charge is 0.405 e. The predicted molar refractivity (Wildman–Crippen MR) is 240 cm³/mol. The van der Waals surface area contributed by atoms with E-state index in [4.69, 9.17) is 26.6 Å². The topological polar surface area (TPSA) is 142 Å². The number of carbonyl (C=O) groups excluding carboxylic acids is 3. The maximum absolute atomic E-state index is 13.8. The molecular weight excluding hydrogens is 1500 g/mol. The Hall–Kier alpha value is -4.16. The van der Waals surface area contributed by atoms with E-state index in [1.54, 1.807) is 0 Å². The molecule has 94 heavy (non-hydrogen) atoms. The highest BCUT2D eigenvalue weighted by atomic mass is 35.5. The Labute approximate surface area is 509 Å². The van der Waals surface area contributed by atoms with Gasteiger partial charge in [-0.05, 0) is 54.2 Å². The van der Waals surface area contributed by atoms with Gasteiger partial charge < -0.3 is 36.6 Å². The Kier molecular flexibility index (Phi) is 36.2. The Bertz CT molecular complexity index is 2330. The quantitative estimate of drug-likeness (QED) is 0.0381. The fourth-order valence-corrected chi connectivity index (χ4v) is 9.09. The van der Waals surface area contributed by atoms with E-state index in [0.717, 1.165) is 0 Å². The largest absolute Gasteiger partial charge is 0.500 e. The van der Waals surface area contributed by atoms with Gasteiger partial charge in [-0.2, -0.15) is 171 Å². The summed E-state index contributed by atoms with van der Waals surface area (Å²) in [6.07, 6.45) is -25.4. The maximum atomic E-state index is 13.8. The molecule has 0 aromatic heterocycles. The van der Waals surface area contributed by atoms with Crippen LogP contribution >= 0.6 is 11.9 Å². The molecule has 564 valence electrons. The van der Waals surface area contributed by atoms with Crippen molar-refractivity contribution in [2.45, 2.75) is 174 Å². The number of Topliss-reactive ketones (excluding diaryl/α,β-unsaturated/α-hetero) is 2. The van der Waals surface area contributed by atoms with Crippen LogP contribution in [0.2, 0.25) is 6.04 Å². The molecule has 2 N–H and O–H groups in total. The van der Waals surface area contributed by atoms with Crippen molar-refractivity contribution in [2.24, 2.45) is 5.73 Å². The highest BCUT2D eigenvalue weighted by Gasteiger charge is 2.94. The van der Waals surface area contributed by atoms with Gasteiger partial charge in [-0.15, -0.1) is 6.58 Å². The Balaban J connectivity index is -0.000000391. The summed E-state index contributed by atoms with van der Waals surface area (Å²) in [6.45, 7) is 17.8. The van der Waals surface area contributed by atoms with Crippen LogP contribution in [0, 0.1) is 0 Å². The van der Waals surface area contributed by atoms with Gasteiger partial charge in [0.25, 0.3) is 0 Å². The van der Waals surface area contributed by atoms with E-state index in [0.29, 0.717) is 19.8 Å². The number of halogens is 40. The van der Waals surface area contributed by atoms with Crippen molar-refractivity contribution in [3.8, 4) is 0 Å². The number of nitrogens with two attached hydrogens (primary N) is 1. The first-order valence-electron chi connectivity index (χ1n) is 23.8. The normalized spacial score (nSPS) is 14.5. The number of rotatable bonds is 33. The van der Waals surface area contributed by atoms with Crippen molar-refractivity contribution in [3.63, 3.8) is 0 Å². The molecule has 0 aliphatic rings. The van der Waals surface area contributed by atoms with Gasteiger partial charge >= 0.3 is 132 Å². The van der Waals surface area contributed by atoms with Gasteiger partial charge in [-0.1, -0.05) is 12.7 Å². The Morgan fingerprint density at radius 2 is 0.606 bits per heavy atom. The lowest BCUT2D eigenvalue weighted by Crippen LogP contribution is -2.71. The fourth-order valence-electron chi connectivity index (χ4n) is 5.27. The van der Waals surface area contributed by atoms with Gasteiger partial charge in [0.05, 0.1) is 0 Å². The average molecular weight is 1550 g/mol. The van der Waals surface area contributed by atoms with Gasteiger partial charge in [0, 0.05) is 58.5 Å². The van der Waals surface area contributed by atoms with Gasteiger partial charge in [-0.25, -0.2) is 4.79 Å². The summed E-state index contributed by atoms with van der Waals surface area (Å²) in [5, 5.41) is 0. The van der Waals surface area contributed by atoms with Crippen molar-refractivity contribution in [1.82, 2.24) is 0 Å². The molecule has 0 atom stereocenters. The monoisotopic (exact) mass is 1550 g/mol. The lowest BCUT2D eigenvalue weighted by Gasteiger charge is -2.39. The molecule has 0 rings (SSSR count). The molecule has 0 aromatic carbocycles. The molecule has 0 radical (unpaired) electrons. The highest BCUT2D eigenvalue weighted by molar-refractivity contribution is 6.60. The highest BCUT2D eigenvalue weighted by Crippen LogP contribution is 2.64. The summed E-state index contributed by atoms with van der Waals surface area (Å²) < 4.78 is 529. The molecule has 0 fully saturated rings. The van der Waals surface area contributed by atoms with Crippen LogP contribution in [0.5, 0.6) is 0 Å². The average Bonchev–Trinajstić information content (AvgIpc) is 0.726. The second kappa shape index (κ2) is 34.6. The lowest BCUT2D eigenvalue weighted by molar-refractivity contribution is -0.436. The molecule has 0 unspecified atom stereocenters. The molecule has 0 spiro atoms. The predicted octanol–water partition coefficient (Wildman–Crippen LogP) is 16.3. The molecule has 0 aromatic rings. The number of allylic oxidation sites excluding steroid dienone is 1. The number of alkyl halides is 39. The van der Waals surface area contributed by atoms with Gasteiger partial charge in [0.2, 0.25) is 11.6 Å². The van der Waals surface area contributed by atoms with E-state index >= 15 is 0 Å². The zero-order chi connectivity index (χ0) is 77.2. The molecule has 0 heterocycles. The van der Waals surface area contributed by atoms with Crippen molar-refractivity contribution in [3.05, 3.63) is 25.4 Å². The van der Waals surface area contributed by atoms with Crippen LogP contribution in [-0.2, 0) is 45.2 Å². The van der Waals surface area contributed by atoms with Crippen LogP contribution in [0.4, 0.5) is 171 Å². The van der Waals surface area contributed by atoms with Crippen LogP contribution < -0.4 is 5.73 Å². The Morgan fingerprint density at radius 1 is 0.383 bits per heavy atom. The molecule has 0 aliphatic carbocycles. The number of ketones is 2. The third-order valence-electron chi connectivity index (χ3n) is 10.0. The summed E-state index contributed by atoms with van der Waals surface area (Å²) >= 11 is 3.85. The summed E-state index contributed by atoms with van der Waals surface area (Å²) in [5.74, 6) is -125. The van der Waals surface area contributed by atoms with E-state index in [1.165, 1.54) is 27.0 Å². The molecule has 0 saturated heterocycles. The minimum Gasteiger partial charge on any atom is -0.405 e. The van der Waals surface area contributed by atoms with Gasteiger partial charge in [-0.3, -0.25) is 9.59 Å². The first-order valence-corrected chi connectivity index (χ1v) is 27.4. The van der Waals surface area contributed by atoms with E-state index in [1.807, 2.05) is 20.8 Å². The molecule has 53 heteroatoms. The standard InChI is InChI=1S/C16H21F13O4Si.C10H5F13O.C7ClF13O2.C6H16O3Si.C2H5N/c1-4-31-34(32-5-2,33-6-3)9-7-8-10(30)11(17,18)12(19,20)13(21,22)14(23,24)15(25,26)16(27,28)29;1-2-3-4(24)5(11,12)6(13,14)7(15,16)8(17,18)9(19,20)10(21,22)23;8-23-1(22)2(9,10)3(11,12)4(13,14)5(15,16)6(17,18)7(19,20)21;1-4-7-10(8-5-2)9-6-3;1-2-3/h4-9H2,1-3H3;2H,1,3H2;;10H,4-6H2,1-3H3;2H,1,3H2. The third-order valence-corrected chi connectivity index (χ3v) is 15.2. The van der Waals surface area contributed by atoms with Crippen LogP contribution in [0.15, 0.2) is 25.4 Å². The van der Waals surface area contributed by atoms with E-state index < -0.39 is 169 Å². The summed E-state index contributed by atoms with van der Waals surface area (Å²) in [7, 11) is -5.39. The van der Waals surface area contributed by atoms with E-state index in [2.05, 4.69) is 35.0 Å². The van der Waals surface area contributed by atoms with Crippen molar-refractivity contribution < 1.29 is 216 Å². The van der Waals surface area contributed by atoms with Crippen molar-refractivity contribution in [2.75, 3.05) is 39.6 Å². The van der Waals surface area contributed by atoms with Gasteiger partial charge in [0.1, 0.15) is 11.9 Å². The van der Waals surface area contributed by atoms with Crippen molar-refractivity contribution in [1.29, 1.82) is 0 Å². The molecule has 0 amide bonds. The Morgan fingerprint density at radius 3 is 0.809 bits per heavy atom. The first kappa shape index (κ1) is 98.5. The SMILES string of the molecule is C=CCC(=O)C(F)(F)C(F)(F)C(F)(F)C(F)(F)C(F)(F)C(F)(F)F.C=CN.CCO[SiH](OCC)OCC.CCO[Si](CCCC(=O)C(F)(F)C(F)(F)C(F)(F)C(F)(F)C(F)(F)C(F)(F)F)(OCC)OCC.O=C(OCl)C(F)(F)C(F)(F)C(F)(F)C(F)(F)C(F)(F)C(F)(F)F. The van der Waals surface area contributed by atoms with E-state index in [-0.39, 0.29) is 25.9 Å². The second-order valence-corrected chi connectivity index (χ2v) is 21.0. The minimum atomic E-state index is -8.07. The van der Waals surface area contributed by atoms with Gasteiger partial charge in [0.15, 0.2) is 0 Å². The zero-order valence-electron chi connectivity index (χ0n) is 47.0. The van der Waals surface area contributed by atoms with Crippen LogP contribution in [0.3, 0.4) is 0 Å². The summed E-state index contributed by atoms with van der Waals surface area (Å²) in [5.41, 5.74) is 4.61. The van der Waals surface area contributed by atoms with Crippen LogP contribution in [0.1, 0.15) is 60.8 Å². The maximum Gasteiger partial charge on any atom is 0.500 e. The fraction of sp³-hybridized carbons (Fsp3) is 0.829. The van der Waals surface area contributed by atoms with Crippen LogP contribution in [0.25, 0.3) is 0 Å². The molecule has 0 aliphatic heterocycles. The molecule has 0 saturated carbocycles. The third kappa shape index (κ3) is 20.0. The minimum absolute atomic E-state index is 0.0525.